The highest BCUT2D eigenvalue weighted by Crippen LogP contribution is 2.62. The smallest absolute Gasteiger partial charge is 0.0266 e. The van der Waals surface area contributed by atoms with Gasteiger partial charge in [-0.2, -0.15) is 0 Å². The van der Waals surface area contributed by atoms with Crippen LogP contribution in [0, 0.1) is 11.3 Å². The minimum atomic E-state index is 0.896. The van der Waals surface area contributed by atoms with E-state index in [-0.39, 0.29) is 0 Å². The van der Waals surface area contributed by atoms with Gasteiger partial charge in [0.2, 0.25) is 0 Å². The van der Waals surface area contributed by atoms with Gasteiger partial charge in [0.05, 0.1) is 0 Å². The molecule has 72 valence electrons. The summed E-state index contributed by atoms with van der Waals surface area (Å²) in [7, 11) is 0. The molecular weight excluding hydrogens is 144 g/mol. The summed E-state index contributed by atoms with van der Waals surface area (Å²) in [4.78, 5) is 0. The monoisotopic (exact) mass is 168 g/mol. The van der Waals surface area contributed by atoms with Crippen molar-refractivity contribution in [3.8, 4) is 0 Å². The first-order valence-electron chi connectivity index (χ1n) is 5.87. The van der Waals surface area contributed by atoms with Gasteiger partial charge < -0.3 is 0 Å². The van der Waals surface area contributed by atoms with Gasteiger partial charge in [-0.1, -0.05) is 46.5 Å². The van der Waals surface area contributed by atoms with Gasteiger partial charge in [-0.3, -0.25) is 0 Å². The second-order valence-electron chi connectivity index (χ2n) is 4.23. The van der Waals surface area contributed by atoms with Crippen molar-refractivity contribution in [3.63, 3.8) is 0 Å². The number of rotatable bonds is 1. The molecule has 0 saturated heterocycles. The minimum absolute atomic E-state index is 0.896. The average Bonchev–Trinajstić information content (AvgIpc) is 2.83. The molecule has 0 heteroatoms. The highest BCUT2D eigenvalue weighted by molar-refractivity contribution is 5.02. The van der Waals surface area contributed by atoms with Crippen molar-refractivity contribution in [3.05, 3.63) is 0 Å². The molecule has 0 nitrogen and oxygen atoms in total. The second kappa shape index (κ2) is 4.30. The molecule has 0 heterocycles. The Morgan fingerprint density at radius 3 is 2.08 bits per heavy atom. The van der Waals surface area contributed by atoms with Gasteiger partial charge in [-0.05, 0) is 30.6 Å². The normalized spacial score (nSPS) is 30.8. The highest BCUT2D eigenvalue weighted by Gasteiger charge is 2.51. The Labute approximate surface area is 77.7 Å². The molecule has 2 fully saturated rings. The average molecular weight is 168 g/mol. The van der Waals surface area contributed by atoms with Crippen molar-refractivity contribution >= 4 is 0 Å². The summed E-state index contributed by atoms with van der Waals surface area (Å²) in [6, 6.07) is 0. The fraction of sp³-hybridized carbons (Fsp3) is 1.00. The zero-order valence-electron chi connectivity index (χ0n) is 9.03. The maximum absolute atomic E-state index is 2.36. The van der Waals surface area contributed by atoms with Gasteiger partial charge in [0.1, 0.15) is 0 Å². The molecular formula is C12H24. The molecule has 0 aromatic rings. The second-order valence-corrected chi connectivity index (χ2v) is 4.23. The molecule has 0 aromatic heterocycles. The van der Waals surface area contributed by atoms with E-state index in [4.69, 9.17) is 0 Å². The molecule has 1 unspecified atom stereocenters. The van der Waals surface area contributed by atoms with Crippen LogP contribution in [0.4, 0.5) is 0 Å². The van der Waals surface area contributed by atoms with Crippen LogP contribution in [-0.4, -0.2) is 0 Å². The van der Waals surface area contributed by atoms with E-state index in [1.54, 1.807) is 19.3 Å². The zero-order valence-corrected chi connectivity index (χ0v) is 9.03. The summed E-state index contributed by atoms with van der Waals surface area (Å²) in [5.74, 6) is 1.13. The number of hydrogen-bond donors (Lipinski definition) is 0. The third-order valence-corrected chi connectivity index (χ3v) is 3.70. The molecule has 2 rings (SSSR count). The molecule has 0 bridgehead atoms. The van der Waals surface area contributed by atoms with Crippen molar-refractivity contribution < 1.29 is 0 Å². The summed E-state index contributed by atoms with van der Waals surface area (Å²) < 4.78 is 0. The summed E-state index contributed by atoms with van der Waals surface area (Å²) in [5.41, 5.74) is 0.896. The van der Waals surface area contributed by atoms with E-state index >= 15 is 0 Å². The molecule has 12 heavy (non-hydrogen) atoms. The summed E-state index contributed by atoms with van der Waals surface area (Å²) in [5, 5.41) is 0. The maximum Gasteiger partial charge on any atom is -0.0266 e. The van der Waals surface area contributed by atoms with Crippen LogP contribution >= 0.6 is 0 Å². The van der Waals surface area contributed by atoms with E-state index in [2.05, 4.69) is 6.92 Å². The molecule has 2 aliphatic carbocycles. The van der Waals surface area contributed by atoms with Gasteiger partial charge in [0.15, 0.2) is 0 Å². The SMILES string of the molecule is CC.CCC1CC12CCCCC2. The van der Waals surface area contributed by atoms with Gasteiger partial charge in [-0.15, -0.1) is 0 Å². The lowest BCUT2D eigenvalue weighted by Crippen LogP contribution is -2.08. The molecule has 0 radical (unpaired) electrons. The third-order valence-electron chi connectivity index (χ3n) is 3.70. The van der Waals surface area contributed by atoms with Gasteiger partial charge >= 0.3 is 0 Å². The largest absolute Gasteiger partial charge is 0.0683 e. The molecule has 0 aliphatic heterocycles. The van der Waals surface area contributed by atoms with Crippen LogP contribution in [-0.2, 0) is 0 Å². The van der Waals surface area contributed by atoms with Crippen molar-refractivity contribution in [1.29, 1.82) is 0 Å². The predicted molar refractivity (Wildman–Crippen MR) is 55.3 cm³/mol. The molecule has 0 aromatic carbocycles. The molecule has 1 spiro atoms. The van der Waals surface area contributed by atoms with Gasteiger partial charge in [0.25, 0.3) is 0 Å². The van der Waals surface area contributed by atoms with Crippen LogP contribution in [0.5, 0.6) is 0 Å². The number of hydrogen-bond acceptors (Lipinski definition) is 0. The molecule has 0 amide bonds. The first kappa shape index (κ1) is 10.1. The van der Waals surface area contributed by atoms with Gasteiger partial charge in [0, 0.05) is 0 Å². The topological polar surface area (TPSA) is 0 Å². The van der Waals surface area contributed by atoms with Crippen LogP contribution in [0.1, 0.15) is 65.7 Å². The van der Waals surface area contributed by atoms with Gasteiger partial charge in [-0.25, -0.2) is 0 Å². The Bertz CT molecular complexity index is 120. The fourth-order valence-corrected chi connectivity index (χ4v) is 2.88. The lowest BCUT2D eigenvalue weighted by atomic mass is 9.84. The predicted octanol–water partition coefficient (Wildman–Crippen LogP) is 4.39. The molecule has 2 aliphatic rings. The van der Waals surface area contributed by atoms with E-state index in [1.807, 2.05) is 13.8 Å². The van der Waals surface area contributed by atoms with E-state index in [0.717, 1.165) is 11.3 Å². The lowest BCUT2D eigenvalue weighted by molar-refractivity contribution is 0.305. The van der Waals surface area contributed by atoms with Crippen molar-refractivity contribution in [1.82, 2.24) is 0 Å². The van der Waals surface area contributed by atoms with Crippen LogP contribution in [0.2, 0.25) is 0 Å². The van der Waals surface area contributed by atoms with E-state index in [1.165, 1.54) is 25.7 Å². The van der Waals surface area contributed by atoms with Crippen LogP contribution in [0.15, 0.2) is 0 Å². The Hall–Kier alpha value is 0. The van der Waals surface area contributed by atoms with Crippen molar-refractivity contribution in [2.75, 3.05) is 0 Å². The molecule has 2 saturated carbocycles. The lowest BCUT2D eigenvalue weighted by Gasteiger charge is -2.21. The van der Waals surface area contributed by atoms with Crippen LogP contribution in [0.25, 0.3) is 0 Å². The molecule has 1 atom stereocenters. The Morgan fingerprint density at radius 1 is 1.08 bits per heavy atom. The Morgan fingerprint density at radius 2 is 1.67 bits per heavy atom. The Balaban J connectivity index is 0.000000336. The summed E-state index contributed by atoms with van der Waals surface area (Å²) in [6.07, 6.45) is 10.7. The van der Waals surface area contributed by atoms with Crippen molar-refractivity contribution in [2.24, 2.45) is 11.3 Å². The summed E-state index contributed by atoms with van der Waals surface area (Å²) >= 11 is 0. The maximum atomic E-state index is 2.36. The summed E-state index contributed by atoms with van der Waals surface area (Å²) in [6.45, 7) is 6.36. The zero-order chi connectivity index (χ0) is 9.03. The van der Waals surface area contributed by atoms with Crippen LogP contribution in [0.3, 0.4) is 0 Å². The third kappa shape index (κ3) is 1.84. The van der Waals surface area contributed by atoms with Crippen molar-refractivity contribution in [2.45, 2.75) is 65.7 Å². The minimum Gasteiger partial charge on any atom is -0.0683 e. The van der Waals surface area contributed by atoms with Crippen LogP contribution < -0.4 is 0 Å². The van der Waals surface area contributed by atoms with E-state index in [0.29, 0.717) is 0 Å². The fourth-order valence-electron chi connectivity index (χ4n) is 2.88. The first-order chi connectivity index (χ1) is 5.87. The standard InChI is InChI=1S/C10H18.C2H6/c1-2-9-8-10(9)6-4-3-5-7-10;1-2/h9H,2-8H2,1H3;1-2H3. The quantitative estimate of drug-likeness (QED) is 0.544. The Kier molecular flexibility index (Phi) is 3.61. The molecule has 0 N–H and O–H groups in total. The van der Waals surface area contributed by atoms with E-state index < -0.39 is 0 Å². The first-order valence-corrected chi connectivity index (χ1v) is 5.87. The van der Waals surface area contributed by atoms with E-state index in [9.17, 15) is 0 Å². The highest BCUT2D eigenvalue weighted by atomic mass is 14.6.